The molecule has 0 aromatic heterocycles. The van der Waals surface area contributed by atoms with E-state index >= 15 is 0 Å². The van der Waals surface area contributed by atoms with Crippen LogP contribution in [-0.4, -0.2) is 47.8 Å². The highest BCUT2D eigenvalue weighted by molar-refractivity contribution is 6.30. The molecule has 5 heteroatoms. The van der Waals surface area contributed by atoms with Gasteiger partial charge in [-0.25, -0.2) is 0 Å². The number of likely N-dealkylation sites (tertiary alicyclic amines) is 1. The third-order valence-corrected chi connectivity index (χ3v) is 4.62. The molecule has 1 aromatic rings. The number of rotatable bonds is 5. The van der Waals surface area contributed by atoms with Crippen molar-refractivity contribution in [2.45, 2.75) is 33.1 Å². The maximum absolute atomic E-state index is 12.4. The van der Waals surface area contributed by atoms with Gasteiger partial charge in [-0.2, -0.15) is 0 Å². The molecule has 1 fully saturated rings. The van der Waals surface area contributed by atoms with Crippen LogP contribution < -0.4 is 0 Å². The van der Waals surface area contributed by atoms with E-state index in [9.17, 15) is 9.59 Å². The summed E-state index contributed by atoms with van der Waals surface area (Å²) < 4.78 is 0. The average Bonchev–Trinajstić information content (AvgIpc) is 2.52. The minimum Gasteiger partial charge on any atom is -0.341 e. The zero-order valence-corrected chi connectivity index (χ0v) is 14.7. The van der Waals surface area contributed by atoms with Crippen molar-refractivity contribution in [2.75, 3.05) is 26.2 Å². The summed E-state index contributed by atoms with van der Waals surface area (Å²) in [6, 6.07) is 7.59. The highest BCUT2D eigenvalue weighted by atomic mass is 35.5. The largest absolute Gasteiger partial charge is 0.341 e. The summed E-state index contributed by atoms with van der Waals surface area (Å²) in [7, 11) is 0. The maximum Gasteiger partial charge on any atom is 0.242 e. The Labute approximate surface area is 143 Å². The first-order valence-electron chi connectivity index (χ1n) is 8.23. The lowest BCUT2D eigenvalue weighted by atomic mass is 10.0. The van der Waals surface area contributed by atoms with Gasteiger partial charge in [0.2, 0.25) is 11.8 Å². The molecule has 1 atom stereocenters. The molecular weight excluding hydrogens is 312 g/mol. The van der Waals surface area contributed by atoms with Gasteiger partial charge in [0, 0.05) is 31.6 Å². The molecule has 0 spiro atoms. The number of halogens is 1. The number of carbonyl (C=O) groups excluding carboxylic acids is 2. The molecule has 4 nitrogen and oxygen atoms in total. The Bertz CT molecular complexity index is 544. The second kappa shape index (κ2) is 8.34. The number of piperidine rings is 1. The van der Waals surface area contributed by atoms with Crippen molar-refractivity contribution < 1.29 is 9.59 Å². The Morgan fingerprint density at radius 2 is 2.00 bits per heavy atom. The minimum atomic E-state index is -0.0580. The van der Waals surface area contributed by atoms with E-state index in [4.69, 9.17) is 11.6 Å². The number of amides is 2. The summed E-state index contributed by atoms with van der Waals surface area (Å²) in [5.41, 5.74) is 1.11. The summed E-state index contributed by atoms with van der Waals surface area (Å²) >= 11 is 5.88. The number of carbonyl (C=O) groups is 2. The van der Waals surface area contributed by atoms with Crippen molar-refractivity contribution >= 4 is 23.4 Å². The van der Waals surface area contributed by atoms with Crippen LogP contribution in [0.4, 0.5) is 0 Å². The van der Waals surface area contributed by atoms with Gasteiger partial charge in [0.25, 0.3) is 0 Å². The molecule has 23 heavy (non-hydrogen) atoms. The zero-order valence-electron chi connectivity index (χ0n) is 13.9. The SMILES string of the molecule is CC(=O)N(CCc1ccc(Cl)cc1)CC(=O)N1CCCC(C)C1. The first-order valence-corrected chi connectivity index (χ1v) is 8.61. The fraction of sp³-hybridized carbons (Fsp3) is 0.556. The van der Waals surface area contributed by atoms with Crippen LogP contribution in [0, 0.1) is 5.92 Å². The van der Waals surface area contributed by atoms with Crippen LogP contribution in [0.3, 0.4) is 0 Å². The highest BCUT2D eigenvalue weighted by Gasteiger charge is 2.23. The lowest BCUT2D eigenvalue weighted by Gasteiger charge is -2.32. The zero-order chi connectivity index (χ0) is 16.8. The Kier molecular flexibility index (Phi) is 6.46. The molecule has 0 aliphatic carbocycles. The normalized spacial score (nSPS) is 17.9. The van der Waals surface area contributed by atoms with Crippen LogP contribution in [0.2, 0.25) is 5.02 Å². The van der Waals surface area contributed by atoms with Crippen LogP contribution in [0.15, 0.2) is 24.3 Å². The van der Waals surface area contributed by atoms with Crippen LogP contribution in [-0.2, 0) is 16.0 Å². The first-order chi connectivity index (χ1) is 11.0. The van der Waals surface area contributed by atoms with Crippen molar-refractivity contribution in [2.24, 2.45) is 5.92 Å². The van der Waals surface area contributed by atoms with Gasteiger partial charge in [-0.1, -0.05) is 30.7 Å². The van der Waals surface area contributed by atoms with Gasteiger partial charge in [-0.15, -0.1) is 0 Å². The summed E-state index contributed by atoms with van der Waals surface area (Å²) in [4.78, 5) is 27.8. The Balaban J connectivity index is 1.89. The number of nitrogens with zero attached hydrogens (tertiary/aromatic N) is 2. The van der Waals surface area contributed by atoms with E-state index in [0.717, 1.165) is 31.5 Å². The fourth-order valence-electron chi connectivity index (χ4n) is 2.94. The van der Waals surface area contributed by atoms with Gasteiger partial charge >= 0.3 is 0 Å². The quantitative estimate of drug-likeness (QED) is 0.829. The standard InChI is InChI=1S/C18H25ClN2O2/c1-14-4-3-10-21(12-14)18(23)13-20(15(2)22)11-9-16-5-7-17(19)8-6-16/h5-8,14H,3-4,9-13H2,1-2H3. The van der Waals surface area contributed by atoms with E-state index in [1.54, 1.807) is 4.90 Å². The molecule has 1 aromatic carbocycles. The van der Waals surface area contributed by atoms with E-state index in [2.05, 4.69) is 6.92 Å². The monoisotopic (exact) mass is 336 g/mol. The number of benzene rings is 1. The highest BCUT2D eigenvalue weighted by Crippen LogP contribution is 2.16. The van der Waals surface area contributed by atoms with Crippen LogP contribution in [0.25, 0.3) is 0 Å². The molecular formula is C18H25ClN2O2. The Morgan fingerprint density at radius 1 is 1.30 bits per heavy atom. The maximum atomic E-state index is 12.4. The fourth-order valence-corrected chi connectivity index (χ4v) is 3.07. The molecule has 0 N–H and O–H groups in total. The van der Waals surface area contributed by atoms with E-state index < -0.39 is 0 Å². The molecule has 0 radical (unpaired) electrons. The summed E-state index contributed by atoms with van der Waals surface area (Å²) in [6.45, 7) is 6.03. The summed E-state index contributed by atoms with van der Waals surface area (Å²) in [5.74, 6) is 0.549. The molecule has 2 amide bonds. The van der Waals surface area contributed by atoms with Gasteiger partial charge < -0.3 is 9.80 Å². The Morgan fingerprint density at radius 3 is 2.61 bits per heavy atom. The van der Waals surface area contributed by atoms with Crippen molar-refractivity contribution in [3.63, 3.8) is 0 Å². The van der Waals surface area contributed by atoms with Crippen LogP contribution >= 0.6 is 11.6 Å². The molecule has 126 valence electrons. The van der Waals surface area contributed by atoms with Gasteiger partial charge in [0.05, 0.1) is 6.54 Å². The minimum absolute atomic E-state index is 0.0580. The second-order valence-electron chi connectivity index (χ2n) is 6.40. The summed E-state index contributed by atoms with van der Waals surface area (Å²) in [5, 5.41) is 0.701. The average molecular weight is 337 g/mol. The molecule has 0 saturated carbocycles. The molecule has 1 aliphatic heterocycles. The smallest absolute Gasteiger partial charge is 0.242 e. The van der Waals surface area contributed by atoms with E-state index in [-0.39, 0.29) is 18.4 Å². The van der Waals surface area contributed by atoms with Crippen molar-refractivity contribution in [1.29, 1.82) is 0 Å². The first kappa shape index (κ1) is 17.8. The predicted molar refractivity (Wildman–Crippen MR) is 92.4 cm³/mol. The second-order valence-corrected chi connectivity index (χ2v) is 6.84. The van der Waals surface area contributed by atoms with E-state index in [1.807, 2.05) is 29.2 Å². The van der Waals surface area contributed by atoms with Crippen molar-refractivity contribution in [3.8, 4) is 0 Å². The van der Waals surface area contributed by atoms with E-state index in [0.29, 0.717) is 17.5 Å². The molecule has 1 heterocycles. The lowest BCUT2D eigenvalue weighted by Crippen LogP contribution is -2.46. The Hall–Kier alpha value is -1.55. The van der Waals surface area contributed by atoms with E-state index in [1.165, 1.54) is 13.3 Å². The molecule has 1 aliphatic rings. The molecule has 1 unspecified atom stereocenters. The molecule has 0 bridgehead atoms. The third kappa shape index (κ3) is 5.54. The lowest BCUT2D eigenvalue weighted by molar-refractivity contribution is -0.140. The van der Waals surface area contributed by atoms with Gasteiger partial charge in [-0.3, -0.25) is 9.59 Å². The third-order valence-electron chi connectivity index (χ3n) is 4.36. The number of hydrogen-bond donors (Lipinski definition) is 0. The topological polar surface area (TPSA) is 40.6 Å². The molecule has 1 saturated heterocycles. The summed E-state index contributed by atoms with van der Waals surface area (Å²) in [6.07, 6.45) is 2.95. The van der Waals surface area contributed by atoms with Gasteiger partial charge in [0.1, 0.15) is 0 Å². The van der Waals surface area contributed by atoms with Crippen molar-refractivity contribution in [3.05, 3.63) is 34.9 Å². The predicted octanol–water partition coefficient (Wildman–Crippen LogP) is 2.99. The van der Waals surface area contributed by atoms with Crippen LogP contribution in [0.5, 0.6) is 0 Å². The van der Waals surface area contributed by atoms with Crippen LogP contribution in [0.1, 0.15) is 32.3 Å². The van der Waals surface area contributed by atoms with Gasteiger partial charge in [-0.05, 0) is 42.9 Å². The van der Waals surface area contributed by atoms with Gasteiger partial charge in [0.15, 0.2) is 0 Å². The van der Waals surface area contributed by atoms with Crippen molar-refractivity contribution in [1.82, 2.24) is 9.80 Å². The molecule has 2 rings (SSSR count). The number of hydrogen-bond acceptors (Lipinski definition) is 2.